The fraction of sp³-hybridized carbons (Fsp3) is 0.0667. The molecule has 0 aromatic heterocycles. The molecule has 6 nitrogen and oxygen atoms in total. The van der Waals surface area contributed by atoms with Crippen LogP contribution in [0.15, 0.2) is 110 Å². The van der Waals surface area contributed by atoms with Crippen LogP contribution >= 0.6 is 0 Å². The first kappa shape index (κ1) is 27.6. The van der Waals surface area contributed by atoms with Gasteiger partial charge in [0, 0.05) is 16.7 Å². The Balaban J connectivity index is 1.65. The van der Waals surface area contributed by atoms with Crippen LogP contribution in [0.3, 0.4) is 0 Å². The molecule has 0 amide bonds. The molecule has 3 aromatic carbocycles. The number of esters is 2. The van der Waals surface area contributed by atoms with Gasteiger partial charge in [-0.1, -0.05) is 43.5 Å². The van der Waals surface area contributed by atoms with E-state index in [2.05, 4.69) is 13.2 Å². The Morgan fingerprint density at radius 3 is 1.74 bits per heavy atom. The quantitative estimate of drug-likeness (QED) is 0.160. The first-order valence-electron chi connectivity index (χ1n) is 11.2. The summed E-state index contributed by atoms with van der Waals surface area (Å²) < 4.78 is 49.5. The SMILES string of the molecule is C=C(C)C(=O)O/C=C\Oc1ccc(-c2ccc(-c3ccc(O/C=C\OC(=O)C(=C)C)c(F)c3)c(F)c2)cc1. The number of hydrogen-bond donors (Lipinski definition) is 0. The maximum atomic E-state index is 14.9. The zero-order valence-corrected chi connectivity index (χ0v) is 20.7. The molecular weight excluding hydrogens is 494 g/mol. The number of halogens is 2. The standard InChI is InChI=1S/C30H24F2O6/c1-19(2)29(33)37-15-13-35-24-9-5-21(6-10-24)22-7-11-25(26(31)17-22)23-8-12-28(27(32)18-23)36-14-16-38-30(34)20(3)4/h5-18H,1,3H2,2,4H3/b15-13-,16-14-. The van der Waals surface area contributed by atoms with E-state index in [0.717, 1.165) is 30.4 Å². The number of hydrogen-bond acceptors (Lipinski definition) is 6. The van der Waals surface area contributed by atoms with Crippen LogP contribution < -0.4 is 9.47 Å². The van der Waals surface area contributed by atoms with E-state index in [4.69, 9.17) is 18.9 Å². The van der Waals surface area contributed by atoms with Crippen LogP contribution in [0.4, 0.5) is 8.78 Å². The molecule has 0 heterocycles. The van der Waals surface area contributed by atoms with Crippen molar-refractivity contribution in [2.45, 2.75) is 13.8 Å². The van der Waals surface area contributed by atoms with Gasteiger partial charge in [-0.15, -0.1) is 0 Å². The zero-order chi connectivity index (χ0) is 27.7. The highest BCUT2D eigenvalue weighted by atomic mass is 19.1. The summed E-state index contributed by atoms with van der Waals surface area (Å²) in [5.74, 6) is -2.10. The number of rotatable bonds is 10. The molecule has 0 atom stereocenters. The fourth-order valence-corrected chi connectivity index (χ4v) is 3.01. The lowest BCUT2D eigenvalue weighted by atomic mass is 9.99. The van der Waals surface area contributed by atoms with Gasteiger partial charge < -0.3 is 18.9 Å². The predicted molar refractivity (Wildman–Crippen MR) is 139 cm³/mol. The van der Waals surface area contributed by atoms with E-state index in [-0.39, 0.29) is 22.5 Å². The molecule has 0 aliphatic carbocycles. The van der Waals surface area contributed by atoms with Crippen LogP contribution in [0, 0.1) is 11.6 Å². The van der Waals surface area contributed by atoms with Gasteiger partial charge in [0.1, 0.15) is 36.6 Å². The van der Waals surface area contributed by atoms with E-state index >= 15 is 0 Å². The third-order valence-corrected chi connectivity index (χ3v) is 4.96. The maximum absolute atomic E-state index is 14.9. The van der Waals surface area contributed by atoms with Crippen molar-refractivity contribution < 1.29 is 37.3 Å². The van der Waals surface area contributed by atoms with Gasteiger partial charge >= 0.3 is 11.9 Å². The second-order valence-corrected chi connectivity index (χ2v) is 8.02. The first-order valence-corrected chi connectivity index (χ1v) is 11.2. The smallest absolute Gasteiger partial charge is 0.338 e. The van der Waals surface area contributed by atoms with Crippen molar-refractivity contribution in [3.05, 3.63) is 122 Å². The minimum Gasteiger partial charge on any atom is -0.462 e. The number of ether oxygens (including phenoxy) is 4. The van der Waals surface area contributed by atoms with Crippen molar-refractivity contribution in [3.63, 3.8) is 0 Å². The first-order chi connectivity index (χ1) is 18.2. The second-order valence-electron chi connectivity index (χ2n) is 8.02. The summed E-state index contributed by atoms with van der Waals surface area (Å²) in [5.41, 5.74) is 2.34. The normalized spacial score (nSPS) is 10.8. The third-order valence-electron chi connectivity index (χ3n) is 4.96. The highest BCUT2D eigenvalue weighted by molar-refractivity contribution is 5.87. The molecule has 0 bridgehead atoms. The van der Waals surface area contributed by atoms with Gasteiger partial charge in [0.05, 0.1) is 0 Å². The van der Waals surface area contributed by atoms with Crippen LogP contribution in [-0.2, 0) is 19.1 Å². The molecule has 0 fully saturated rings. The molecule has 3 rings (SSSR count). The van der Waals surface area contributed by atoms with Gasteiger partial charge in [0.15, 0.2) is 11.6 Å². The lowest BCUT2D eigenvalue weighted by Gasteiger charge is -2.09. The molecule has 0 aliphatic rings. The van der Waals surface area contributed by atoms with Crippen LogP contribution in [0.5, 0.6) is 11.5 Å². The maximum Gasteiger partial charge on any atom is 0.338 e. The molecule has 0 aliphatic heterocycles. The van der Waals surface area contributed by atoms with Crippen LogP contribution in [-0.4, -0.2) is 11.9 Å². The van der Waals surface area contributed by atoms with Crippen LogP contribution in [0.2, 0.25) is 0 Å². The Kier molecular flexibility index (Phi) is 9.31. The van der Waals surface area contributed by atoms with E-state index in [1.54, 1.807) is 36.4 Å². The second kappa shape index (κ2) is 12.8. The molecule has 0 radical (unpaired) electrons. The average Bonchev–Trinajstić information content (AvgIpc) is 2.89. The molecular formula is C30H24F2O6. The summed E-state index contributed by atoms with van der Waals surface area (Å²) in [6.07, 6.45) is 4.31. The summed E-state index contributed by atoms with van der Waals surface area (Å²) in [4.78, 5) is 22.6. The Hall–Kier alpha value is -4.98. The Bertz CT molecular complexity index is 1420. The van der Waals surface area contributed by atoms with Crippen molar-refractivity contribution in [3.8, 4) is 33.8 Å². The van der Waals surface area contributed by atoms with E-state index in [9.17, 15) is 18.4 Å². The van der Waals surface area contributed by atoms with Crippen LogP contribution in [0.1, 0.15) is 13.8 Å². The van der Waals surface area contributed by atoms with Gasteiger partial charge in [-0.25, -0.2) is 18.4 Å². The zero-order valence-electron chi connectivity index (χ0n) is 20.7. The topological polar surface area (TPSA) is 71.1 Å². The van der Waals surface area contributed by atoms with Gasteiger partial charge in [0.25, 0.3) is 0 Å². The highest BCUT2D eigenvalue weighted by Crippen LogP contribution is 2.31. The number of carbonyl (C=O) groups excluding carboxylic acids is 2. The third kappa shape index (κ3) is 7.51. The number of carbonyl (C=O) groups is 2. The van der Waals surface area contributed by atoms with Gasteiger partial charge in [-0.3, -0.25) is 0 Å². The summed E-state index contributed by atoms with van der Waals surface area (Å²) in [7, 11) is 0. The molecule has 0 saturated heterocycles. The highest BCUT2D eigenvalue weighted by Gasteiger charge is 2.11. The number of benzene rings is 3. The fourth-order valence-electron chi connectivity index (χ4n) is 3.01. The summed E-state index contributed by atoms with van der Waals surface area (Å²) >= 11 is 0. The Labute approximate surface area is 218 Å². The molecule has 0 saturated carbocycles. The monoisotopic (exact) mass is 518 g/mol. The molecule has 38 heavy (non-hydrogen) atoms. The summed E-state index contributed by atoms with van der Waals surface area (Å²) in [5, 5.41) is 0. The largest absolute Gasteiger partial charge is 0.462 e. The van der Waals surface area contributed by atoms with Crippen molar-refractivity contribution in [2.24, 2.45) is 0 Å². The molecule has 3 aromatic rings. The van der Waals surface area contributed by atoms with E-state index in [0.29, 0.717) is 16.9 Å². The minimum atomic E-state index is -0.721. The lowest BCUT2D eigenvalue weighted by molar-refractivity contribution is -0.134. The van der Waals surface area contributed by atoms with Crippen molar-refractivity contribution in [1.29, 1.82) is 0 Å². The summed E-state index contributed by atoms with van der Waals surface area (Å²) in [6.45, 7) is 9.93. The van der Waals surface area contributed by atoms with Crippen molar-refractivity contribution in [2.75, 3.05) is 0 Å². The van der Waals surface area contributed by atoms with Gasteiger partial charge in [-0.05, 0) is 60.9 Å². The van der Waals surface area contributed by atoms with Crippen molar-refractivity contribution >= 4 is 11.9 Å². The van der Waals surface area contributed by atoms with Gasteiger partial charge in [-0.2, -0.15) is 0 Å². The van der Waals surface area contributed by atoms with E-state index in [1.165, 1.54) is 38.3 Å². The Morgan fingerprint density at radius 1 is 0.658 bits per heavy atom. The molecule has 194 valence electrons. The van der Waals surface area contributed by atoms with Crippen LogP contribution in [0.25, 0.3) is 22.3 Å². The lowest BCUT2D eigenvalue weighted by Crippen LogP contribution is -1.99. The molecule has 0 spiro atoms. The predicted octanol–water partition coefficient (Wildman–Crippen LogP) is 7.24. The van der Waals surface area contributed by atoms with Crippen molar-refractivity contribution in [1.82, 2.24) is 0 Å². The average molecular weight is 519 g/mol. The molecule has 8 heteroatoms. The van der Waals surface area contributed by atoms with Gasteiger partial charge in [0.2, 0.25) is 0 Å². The van der Waals surface area contributed by atoms with E-state index in [1.807, 2.05) is 0 Å². The summed E-state index contributed by atoms with van der Waals surface area (Å²) in [6, 6.07) is 15.5. The minimum absolute atomic E-state index is 0.125. The molecule has 0 unspecified atom stereocenters. The van der Waals surface area contributed by atoms with E-state index < -0.39 is 23.6 Å². The Morgan fingerprint density at radius 2 is 1.18 bits per heavy atom. The molecule has 0 N–H and O–H groups in total.